The summed E-state index contributed by atoms with van der Waals surface area (Å²) in [6, 6.07) is 10.7. The van der Waals surface area contributed by atoms with Crippen molar-refractivity contribution in [3.63, 3.8) is 0 Å². The van der Waals surface area contributed by atoms with Gasteiger partial charge in [0, 0.05) is 17.6 Å². The molecule has 3 rings (SSSR count). The first-order chi connectivity index (χ1) is 15.5. The number of piperidine rings is 1. The molecule has 1 heterocycles. The third-order valence-electron chi connectivity index (χ3n) is 5.20. The molecule has 1 saturated heterocycles. The number of nitrogens with one attached hydrogen (secondary N) is 1. The molecule has 0 aliphatic carbocycles. The van der Waals surface area contributed by atoms with Gasteiger partial charge in [-0.3, -0.25) is 9.10 Å². The summed E-state index contributed by atoms with van der Waals surface area (Å²) in [5.41, 5.74) is 0.467. The quantitative estimate of drug-likeness (QED) is 0.531. The van der Waals surface area contributed by atoms with Crippen molar-refractivity contribution in [2.24, 2.45) is 0 Å². The molecule has 0 atom stereocenters. The molecule has 0 bridgehead atoms. The van der Waals surface area contributed by atoms with E-state index in [2.05, 4.69) is 21.2 Å². The number of halogens is 1. The number of sulfonamides is 2. The smallest absolute Gasteiger partial charge is 0.245 e. The SMILES string of the molecule is COc1ccc(S(=O)(=O)N2CCCCC2)cc1NC(=O)CN(c1ccc(Br)cc1)S(C)(=O)=O. The minimum absolute atomic E-state index is 0.0355. The van der Waals surface area contributed by atoms with Crippen LogP contribution in [0.15, 0.2) is 51.8 Å². The molecule has 12 heteroatoms. The van der Waals surface area contributed by atoms with Gasteiger partial charge in [0.2, 0.25) is 26.0 Å². The number of anilines is 2. The van der Waals surface area contributed by atoms with Gasteiger partial charge in [-0.1, -0.05) is 22.4 Å². The van der Waals surface area contributed by atoms with E-state index in [9.17, 15) is 21.6 Å². The highest BCUT2D eigenvalue weighted by Gasteiger charge is 2.27. The lowest BCUT2D eigenvalue weighted by Gasteiger charge is -2.26. The van der Waals surface area contributed by atoms with Crippen molar-refractivity contribution < 1.29 is 26.4 Å². The molecule has 180 valence electrons. The van der Waals surface area contributed by atoms with Gasteiger partial charge in [-0.15, -0.1) is 0 Å². The zero-order valence-corrected chi connectivity index (χ0v) is 21.5. The molecule has 1 amide bonds. The molecule has 33 heavy (non-hydrogen) atoms. The number of rotatable bonds is 8. The number of methoxy groups -OCH3 is 1. The topological polar surface area (TPSA) is 113 Å². The summed E-state index contributed by atoms with van der Waals surface area (Å²) in [7, 11) is -6.08. The maximum Gasteiger partial charge on any atom is 0.245 e. The van der Waals surface area contributed by atoms with Crippen molar-refractivity contribution >= 4 is 53.3 Å². The summed E-state index contributed by atoms with van der Waals surface area (Å²) in [5.74, 6) is -0.385. The first kappa shape index (κ1) is 25.5. The molecule has 0 saturated carbocycles. The normalized spacial score (nSPS) is 15.1. The second kappa shape index (κ2) is 10.4. The molecule has 2 aromatic rings. The van der Waals surface area contributed by atoms with Gasteiger partial charge in [-0.25, -0.2) is 16.8 Å². The van der Waals surface area contributed by atoms with E-state index in [4.69, 9.17) is 4.74 Å². The fraction of sp³-hybridized carbons (Fsp3) is 0.381. The van der Waals surface area contributed by atoms with Gasteiger partial charge >= 0.3 is 0 Å². The van der Waals surface area contributed by atoms with E-state index in [1.54, 1.807) is 24.3 Å². The number of carbonyl (C=O) groups is 1. The molecule has 0 aromatic heterocycles. The van der Waals surface area contributed by atoms with Crippen LogP contribution in [0.1, 0.15) is 19.3 Å². The van der Waals surface area contributed by atoms with Gasteiger partial charge in [0.25, 0.3) is 0 Å². The van der Waals surface area contributed by atoms with Crippen LogP contribution in [-0.4, -0.2) is 60.0 Å². The average molecular weight is 560 g/mol. The average Bonchev–Trinajstić information content (AvgIpc) is 2.78. The van der Waals surface area contributed by atoms with Gasteiger partial charge in [0.15, 0.2) is 0 Å². The highest BCUT2D eigenvalue weighted by atomic mass is 79.9. The Labute approximate surface area is 203 Å². The van der Waals surface area contributed by atoms with Crippen LogP contribution in [0.5, 0.6) is 5.75 Å². The number of carbonyl (C=O) groups excluding carboxylic acids is 1. The Morgan fingerprint density at radius 3 is 2.27 bits per heavy atom. The van der Waals surface area contributed by atoms with Crippen molar-refractivity contribution in [1.82, 2.24) is 4.31 Å². The minimum Gasteiger partial charge on any atom is -0.495 e. The highest BCUT2D eigenvalue weighted by Crippen LogP contribution is 2.30. The van der Waals surface area contributed by atoms with Crippen LogP contribution in [0.3, 0.4) is 0 Å². The molecular formula is C21H26BrN3O6S2. The Hall–Kier alpha value is -2.15. The van der Waals surface area contributed by atoms with Crippen LogP contribution in [0.2, 0.25) is 0 Å². The number of benzene rings is 2. The summed E-state index contributed by atoms with van der Waals surface area (Å²) in [5, 5.41) is 2.60. The lowest BCUT2D eigenvalue weighted by atomic mass is 10.2. The van der Waals surface area contributed by atoms with Crippen molar-refractivity contribution in [3.8, 4) is 5.75 Å². The molecule has 0 radical (unpaired) electrons. The van der Waals surface area contributed by atoms with Crippen molar-refractivity contribution in [1.29, 1.82) is 0 Å². The first-order valence-corrected chi connectivity index (χ1v) is 14.3. The van der Waals surface area contributed by atoms with E-state index in [0.717, 1.165) is 34.3 Å². The number of hydrogen-bond donors (Lipinski definition) is 1. The van der Waals surface area contributed by atoms with Gasteiger partial charge in [-0.05, 0) is 55.3 Å². The first-order valence-electron chi connectivity index (χ1n) is 10.2. The maximum absolute atomic E-state index is 13.0. The third-order valence-corrected chi connectivity index (χ3v) is 8.76. The summed E-state index contributed by atoms with van der Waals surface area (Å²) in [6.07, 6.45) is 3.60. The monoisotopic (exact) mass is 559 g/mol. The Balaban J connectivity index is 1.85. The van der Waals surface area contributed by atoms with E-state index in [1.807, 2.05) is 0 Å². The largest absolute Gasteiger partial charge is 0.495 e. The lowest BCUT2D eigenvalue weighted by molar-refractivity contribution is -0.114. The van der Waals surface area contributed by atoms with E-state index in [0.29, 0.717) is 18.8 Å². The predicted octanol–water partition coefficient (Wildman–Crippen LogP) is 3.04. The second-order valence-electron chi connectivity index (χ2n) is 7.62. The van der Waals surface area contributed by atoms with Gasteiger partial charge in [0.05, 0.1) is 29.6 Å². The van der Waals surface area contributed by atoms with Gasteiger partial charge < -0.3 is 10.1 Å². The predicted molar refractivity (Wildman–Crippen MR) is 131 cm³/mol. The summed E-state index contributed by atoms with van der Waals surface area (Å²) < 4.78 is 59.1. The summed E-state index contributed by atoms with van der Waals surface area (Å²) >= 11 is 3.29. The molecule has 1 aliphatic heterocycles. The molecular weight excluding hydrogens is 534 g/mol. The van der Waals surface area contributed by atoms with E-state index in [1.165, 1.54) is 29.6 Å². The Bertz CT molecular complexity index is 1210. The Morgan fingerprint density at radius 1 is 1.06 bits per heavy atom. The van der Waals surface area contributed by atoms with Crippen LogP contribution in [0, 0.1) is 0 Å². The van der Waals surface area contributed by atoms with Crippen LogP contribution in [0.25, 0.3) is 0 Å². The summed E-state index contributed by atoms with van der Waals surface area (Å²) in [6.45, 7) is 0.409. The van der Waals surface area contributed by atoms with Gasteiger partial charge in [-0.2, -0.15) is 4.31 Å². The second-order valence-corrected chi connectivity index (χ2v) is 12.4. The minimum atomic E-state index is -3.76. The number of amides is 1. The molecule has 0 unspecified atom stereocenters. The van der Waals surface area contributed by atoms with Crippen LogP contribution >= 0.6 is 15.9 Å². The molecule has 1 N–H and O–H groups in total. The third kappa shape index (κ3) is 6.25. The van der Waals surface area contributed by atoms with E-state index in [-0.39, 0.29) is 16.3 Å². The number of hydrogen-bond acceptors (Lipinski definition) is 6. The van der Waals surface area contributed by atoms with Crippen LogP contribution < -0.4 is 14.4 Å². The van der Waals surface area contributed by atoms with Crippen molar-refractivity contribution in [3.05, 3.63) is 46.9 Å². The fourth-order valence-corrected chi connectivity index (χ4v) is 6.19. The van der Waals surface area contributed by atoms with Crippen molar-refractivity contribution in [2.75, 3.05) is 42.6 Å². The summed E-state index contributed by atoms with van der Waals surface area (Å²) in [4.78, 5) is 12.8. The van der Waals surface area contributed by atoms with Crippen LogP contribution in [-0.2, 0) is 24.8 Å². The van der Waals surface area contributed by atoms with E-state index < -0.39 is 32.5 Å². The number of nitrogens with zero attached hydrogens (tertiary/aromatic N) is 2. The van der Waals surface area contributed by atoms with Crippen LogP contribution in [0.4, 0.5) is 11.4 Å². The molecule has 2 aromatic carbocycles. The van der Waals surface area contributed by atoms with Gasteiger partial charge in [0.1, 0.15) is 12.3 Å². The maximum atomic E-state index is 13.0. The standard InChI is InChI=1S/C21H26BrN3O6S2/c1-31-20-11-10-18(33(29,30)24-12-4-3-5-13-24)14-19(20)23-21(26)15-25(32(2,27)28)17-8-6-16(22)7-9-17/h6-11,14H,3-5,12-13,15H2,1-2H3,(H,23,26). The lowest BCUT2D eigenvalue weighted by Crippen LogP contribution is -2.37. The zero-order valence-electron chi connectivity index (χ0n) is 18.3. The molecule has 1 fully saturated rings. The zero-order chi connectivity index (χ0) is 24.2. The highest BCUT2D eigenvalue weighted by molar-refractivity contribution is 9.10. The number of ether oxygens (including phenoxy) is 1. The molecule has 1 aliphatic rings. The fourth-order valence-electron chi connectivity index (χ4n) is 3.53. The van der Waals surface area contributed by atoms with E-state index >= 15 is 0 Å². The molecule has 0 spiro atoms. The van der Waals surface area contributed by atoms with Crippen molar-refractivity contribution in [2.45, 2.75) is 24.2 Å². The molecule has 9 nitrogen and oxygen atoms in total. The Kier molecular flexibility index (Phi) is 8.04. The Morgan fingerprint density at radius 2 is 1.70 bits per heavy atom.